The van der Waals surface area contributed by atoms with E-state index in [0.29, 0.717) is 5.75 Å². The summed E-state index contributed by atoms with van der Waals surface area (Å²) in [6.07, 6.45) is 0. The third kappa shape index (κ3) is 3.14. The van der Waals surface area contributed by atoms with E-state index in [1.165, 1.54) is 12.1 Å². The van der Waals surface area contributed by atoms with E-state index in [1.54, 1.807) is 12.1 Å². The Morgan fingerprint density at radius 3 is 2.50 bits per heavy atom. The van der Waals surface area contributed by atoms with E-state index in [-0.39, 0.29) is 11.8 Å². The van der Waals surface area contributed by atoms with Gasteiger partial charge < -0.3 is 10.1 Å². The second-order valence-corrected chi connectivity index (χ2v) is 4.47. The molecule has 4 heteroatoms. The first-order chi connectivity index (χ1) is 9.63. The molecule has 0 saturated carbocycles. The standard InChI is InChI=1S/C16H17F2NO/c1-3-19-11(2)12-7-4-5-9-14(12)20-15-10-6-8-13(17)16(15)18/h4-11,19H,3H2,1-2H3. The molecule has 0 amide bonds. The summed E-state index contributed by atoms with van der Waals surface area (Å²) in [7, 11) is 0. The topological polar surface area (TPSA) is 21.3 Å². The molecule has 0 aliphatic carbocycles. The Labute approximate surface area is 117 Å². The SMILES string of the molecule is CCNC(C)c1ccccc1Oc1cccc(F)c1F. The molecule has 2 rings (SSSR count). The molecule has 0 saturated heterocycles. The average molecular weight is 277 g/mol. The minimum absolute atomic E-state index is 0.0628. The molecule has 0 radical (unpaired) electrons. The Morgan fingerprint density at radius 2 is 1.75 bits per heavy atom. The van der Waals surface area contributed by atoms with Crippen LogP contribution in [0.3, 0.4) is 0 Å². The van der Waals surface area contributed by atoms with Crippen LogP contribution in [0.15, 0.2) is 42.5 Å². The van der Waals surface area contributed by atoms with Gasteiger partial charge in [0.25, 0.3) is 0 Å². The quantitative estimate of drug-likeness (QED) is 0.873. The van der Waals surface area contributed by atoms with Crippen LogP contribution in [0.2, 0.25) is 0 Å². The zero-order chi connectivity index (χ0) is 14.5. The smallest absolute Gasteiger partial charge is 0.201 e. The molecular weight excluding hydrogens is 260 g/mol. The molecule has 0 aromatic heterocycles. The van der Waals surface area contributed by atoms with Gasteiger partial charge in [-0.25, -0.2) is 4.39 Å². The fraction of sp³-hybridized carbons (Fsp3) is 0.250. The van der Waals surface area contributed by atoms with Crippen LogP contribution in [0.1, 0.15) is 25.5 Å². The van der Waals surface area contributed by atoms with E-state index >= 15 is 0 Å². The second kappa shape index (κ2) is 6.48. The van der Waals surface area contributed by atoms with Gasteiger partial charge in [0.2, 0.25) is 5.82 Å². The van der Waals surface area contributed by atoms with Crippen molar-refractivity contribution in [3.8, 4) is 11.5 Å². The van der Waals surface area contributed by atoms with Crippen LogP contribution in [0.4, 0.5) is 8.78 Å². The summed E-state index contributed by atoms with van der Waals surface area (Å²) in [4.78, 5) is 0. The number of halogens is 2. The molecule has 1 unspecified atom stereocenters. The van der Waals surface area contributed by atoms with E-state index < -0.39 is 11.6 Å². The monoisotopic (exact) mass is 277 g/mol. The van der Waals surface area contributed by atoms with Gasteiger partial charge in [-0.1, -0.05) is 31.2 Å². The van der Waals surface area contributed by atoms with Crippen molar-refractivity contribution >= 4 is 0 Å². The van der Waals surface area contributed by atoms with Gasteiger partial charge in [-0.2, -0.15) is 4.39 Å². The minimum atomic E-state index is -0.974. The number of ether oxygens (including phenoxy) is 1. The maximum atomic E-state index is 13.7. The van der Waals surface area contributed by atoms with E-state index in [0.717, 1.165) is 18.2 Å². The first-order valence-electron chi connectivity index (χ1n) is 6.57. The number of benzene rings is 2. The van der Waals surface area contributed by atoms with Crippen LogP contribution < -0.4 is 10.1 Å². The Bertz CT molecular complexity index is 586. The summed E-state index contributed by atoms with van der Waals surface area (Å²) in [6, 6.07) is 11.3. The minimum Gasteiger partial charge on any atom is -0.454 e. The molecule has 0 bridgehead atoms. The number of hydrogen-bond donors (Lipinski definition) is 1. The van der Waals surface area contributed by atoms with Crippen molar-refractivity contribution in [2.75, 3.05) is 6.54 Å². The molecule has 1 atom stereocenters. The Morgan fingerprint density at radius 1 is 1.05 bits per heavy atom. The molecule has 0 heterocycles. The Kier molecular flexibility index (Phi) is 4.69. The summed E-state index contributed by atoms with van der Waals surface area (Å²) in [5, 5.41) is 3.27. The van der Waals surface area contributed by atoms with Crippen LogP contribution >= 0.6 is 0 Å². The molecule has 0 fully saturated rings. The fourth-order valence-corrected chi connectivity index (χ4v) is 2.03. The number of rotatable bonds is 5. The molecule has 0 spiro atoms. The summed E-state index contributed by atoms with van der Waals surface area (Å²) in [5.41, 5.74) is 0.901. The lowest BCUT2D eigenvalue weighted by Gasteiger charge is -2.17. The molecule has 2 aromatic rings. The van der Waals surface area contributed by atoms with Crippen molar-refractivity contribution in [1.82, 2.24) is 5.32 Å². The first kappa shape index (κ1) is 14.5. The molecule has 106 valence electrons. The van der Waals surface area contributed by atoms with Crippen molar-refractivity contribution < 1.29 is 13.5 Å². The number of hydrogen-bond acceptors (Lipinski definition) is 2. The van der Waals surface area contributed by atoms with Crippen molar-refractivity contribution in [3.63, 3.8) is 0 Å². The molecule has 0 aliphatic heterocycles. The summed E-state index contributed by atoms with van der Waals surface area (Å²) < 4.78 is 32.4. The van der Waals surface area contributed by atoms with E-state index in [9.17, 15) is 8.78 Å². The lowest BCUT2D eigenvalue weighted by molar-refractivity contribution is 0.408. The molecule has 2 nitrogen and oxygen atoms in total. The summed E-state index contributed by atoms with van der Waals surface area (Å²) >= 11 is 0. The largest absolute Gasteiger partial charge is 0.454 e. The van der Waals surface area contributed by atoms with Crippen molar-refractivity contribution in [3.05, 3.63) is 59.7 Å². The zero-order valence-corrected chi connectivity index (χ0v) is 11.5. The highest BCUT2D eigenvalue weighted by Crippen LogP contribution is 2.31. The van der Waals surface area contributed by atoms with E-state index in [2.05, 4.69) is 5.32 Å². The number of nitrogens with one attached hydrogen (secondary N) is 1. The second-order valence-electron chi connectivity index (χ2n) is 4.47. The Hall–Kier alpha value is -1.94. The van der Waals surface area contributed by atoms with Gasteiger partial charge >= 0.3 is 0 Å². The molecule has 0 aliphatic rings. The number of para-hydroxylation sites is 1. The van der Waals surface area contributed by atoms with Crippen LogP contribution in [-0.4, -0.2) is 6.54 Å². The van der Waals surface area contributed by atoms with Gasteiger partial charge in [0, 0.05) is 11.6 Å². The highest BCUT2D eigenvalue weighted by Gasteiger charge is 2.14. The van der Waals surface area contributed by atoms with Crippen molar-refractivity contribution in [2.45, 2.75) is 19.9 Å². The van der Waals surface area contributed by atoms with Crippen molar-refractivity contribution in [1.29, 1.82) is 0 Å². The summed E-state index contributed by atoms with van der Waals surface area (Å²) in [5.74, 6) is -1.48. The van der Waals surface area contributed by atoms with Crippen LogP contribution in [0.5, 0.6) is 11.5 Å². The molecule has 2 aromatic carbocycles. The van der Waals surface area contributed by atoms with Gasteiger partial charge in [-0.05, 0) is 31.7 Å². The highest BCUT2D eigenvalue weighted by atomic mass is 19.2. The average Bonchev–Trinajstić information content (AvgIpc) is 2.45. The van der Waals surface area contributed by atoms with Gasteiger partial charge in [0.1, 0.15) is 5.75 Å². The lowest BCUT2D eigenvalue weighted by atomic mass is 10.1. The molecular formula is C16H17F2NO. The van der Waals surface area contributed by atoms with Gasteiger partial charge in [-0.3, -0.25) is 0 Å². The van der Waals surface area contributed by atoms with E-state index in [4.69, 9.17) is 4.74 Å². The predicted molar refractivity (Wildman–Crippen MR) is 75.0 cm³/mol. The van der Waals surface area contributed by atoms with Crippen LogP contribution in [0, 0.1) is 11.6 Å². The van der Waals surface area contributed by atoms with Gasteiger partial charge in [0.05, 0.1) is 0 Å². The summed E-state index contributed by atoms with van der Waals surface area (Å²) in [6.45, 7) is 4.81. The maximum absolute atomic E-state index is 13.7. The van der Waals surface area contributed by atoms with Gasteiger partial charge in [-0.15, -0.1) is 0 Å². The van der Waals surface area contributed by atoms with Crippen LogP contribution in [0.25, 0.3) is 0 Å². The van der Waals surface area contributed by atoms with Crippen molar-refractivity contribution in [2.24, 2.45) is 0 Å². The third-order valence-electron chi connectivity index (χ3n) is 3.03. The highest BCUT2D eigenvalue weighted by molar-refractivity contribution is 5.40. The van der Waals surface area contributed by atoms with E-state index in [1.807, 2.05) is 26.0 Å². The molecule has 20 heavy (non-hydrogen) atoms. The van der Waals surface area contributed by atoms with Gasteiger partial charge in [0.15, 0.2) is 11.6 Å². The maximum Gasteiger partial charge on any atom is 0.201 e. The predicted octanol–water partition coefficient (Wildman–Crippen LogP) is 4.43. The fourth-order valence-electron chi connectivity index (χ4n) is 2.03. The lowest BCUT2D eigenvalue weighted by Crippen LogP contribution is -2.18. The van der Waals surface area contributed by atoms with Crippen LogP contribution in [-0.2, 0) is 0 Å². The molecule has 1 N–H and O–H groups in total. The third-order valence-corrected chi connectivity index (χ3v) is 3.03. The Balaban J connectivity index is 2.32. The zero-order valence-electron chi connectivity index (χ0n) is 11.5. The first-order valence-corrected chi connectivity index (χ1v) is 6.57. The normalized spacial score (nSPS) is 12.2.